The van der Waals surface area contributed by atoms with Crippen molar-refractivity contribution in [1.29, 1.82) is 0 Å². The van der Waals surface area contributed by atoms with Gasteiger partial charge in [0.05, 0.1) is 24.3 Å². The molecule has 5 nitrogen and oxygen atoms in total. The fourth-order valence-electron chi connectivity index (χ4n) is 2.71. The molecule has 122 valence electrons. The molecule has 1 N–H and O–H groups in total. The van der Waals surface area contributed by atoms with E-state index in [1.807, 2.05) is 10.8 Å². The number of hydrogen-bond donors (Lipinski definition) is 1. The number of hydrogen-bond acceptors (Lipinski definition) is 3. The van der Waals surface area contributed by atoms with E-state index in [-0.39, 0.29) is 18.1 Å². The molecule has 0 spiro atoms. The van der Waals surface area contributed by atoms with Crippen LogP contribution in [0.25, 0.3) is 11.3 Å². The van der Waals surface area contributed by atoms with Crippen LogP contribution in [0.5, 0.6) is 0 Å². The third-order valence-corrected chi connectivity index (χ3v) is 3.88. The van der Waals surface area contributed by atoms with Gasteiger partial charge in [-0.05, 0) is 38.1 Å². The average molecular weight is 317 g/mol. The van der Waals surface area contributed by atoms with Gasteiger partial charge in [-0.15, -0.1) is 0 Å². The van der Waals surface area contributed by atoms with Crippen molar-refractivity contribution in [3.63, 3.8) is 0 Å². The molecule has 2 heterocycles. The van der Waals surface area contributed by atoms with Gasteiger partial charge >= 0.3 is 0 Å². The van der Waals surface area contributed by atoms with Gasteiger partial charge in [0.25, 0.3) is 0 Å². The minimum Gasteiger partial charge on any atom is -0.390 e. The first kappa shape index (κ1) is 15.7. The summed E-state index contributed by atoms with van der Waals surface area (Å²) in [4.78, 5) is 18.5. The summed E-state index contributed by atoms with van der Waals surface area (Å²) >= 11 is 0. The van der Waals surface area contributed by atoms with Crippen molar-refractivity contribution in [3.05, 3.63) is 42.1 Å². The van der Waals surface area contributed by atoms with Gasteiger partial charge in [0, 0.05) is 24.8 Å². The fraction of sp³-hybridized carbons (Fsp3) is 0.412. The first-order valence-electron chi connectivity index (χ1n) is 7.64. The zero-order valence-corrected chi connectivity index (χ0v) is 13.3. The predicted molar refractivity (Wildman–Crippen MR) is 84.0 cm³/mol. The van der Waals surface area contributed by atoms with Gasteiger partial charge in [-0.1, -0.05) is 0 Å². The van der Waals surface area contributed by atoms with Gasteiger partial charge in [0.15, 0.2) is 0 Å². The molecule has 0 bridgehead atoms. The molecule has 23 heavy (non-hydrogen) atoms. The molecule has 1 aromatic heterocycles. The van der Waals surface area contributed by atoms with Crippen LogP contribution in [0.2, 0.25) is 0 Å². The van der Waals surface area contributed by atoms with Crippen LogP contribution in [0.4, 0.5) is 4.39 Å². The molecular weight excluding hydrogens is 297 g/mol. The lowest BCUT2D eigenvalue weighted by atomic mass is 10.0. The number of benzene rings is 1. The van der Waals surface area contributed by atoms with Crippen LogP contribution in [0.15, 0.2) is 30.5 Å². The zero-order valence-electron chi connectivity index (χ0n) is 13.3. The summed E-state index contributed by atoms with van der Waals surface area (Å²) in [7, 11) is 0. The number of carbonyl (C=O) groups is 1. The molecule has 6 heteroatoms. The lowest BCUT2D eigenvalue weighted by molar-refractivity contribution is -0.136. The standard InChI is InChI=1S/C17H20FN3O2/c1-17(2,23)9-16(22)21-8-7-20-10-14(19-15(20)11-21)12-3-5-13(18)6-4-12/h3-6,10,23H,7-9,11H2,1-2H3. The second-order valence-corrected chi connectivity index (χ2v) is 6.55. The van der Waals surface area contributed by atoms with Gasteiger partial charge in [-0.2, -0.15) is 0 Å². The van der Waals surface area contributed by atoms with Crippen molar-refractivity contribution in [2.45, 2.75) is 39.0 Å². The van der Waals surface area contributed by atoms with E-state index in [1.54, 1.807) is 30.9 Å². The minimum absolute atomic E-state index is 0.0740. The smallest absolute Gasteiger partial charge is 0.225 e. The molecule has 0 aliphatic carbocycles. The van der Waals surface area contributed by atoms with Crippen LogP contribution >= 0.6 is 0 Å². The van der Waals surface area contributed by atoms with Gasteiger partial charge in [0.2, 0.25) is 5.91 Å². The molecule has 0 saturated heterocycles. The number of rotatable bonds is 3. The van der Waals surface area contributed by atoms with Crippen molar-refractivity contribution in [2.24, 2.45) is 0 Å². The fourth-order valence-corrected chi connectivity index (χ4v) is 2.71. The molecule has 0 atom stereocenters. The van der Waals surface area contributed by atoms with Crippen molar-refractivity contribution in [1.82, 2.24) is 14.5 Å². The summed E-state index contributed by atoms with van der Waals surface area (Å²) in [6, 6.07) is 6.21. The number of fused-ring (bicyclic) bond motifs is 1. The first-order valence-corrected chi connectivity index (χ1v) is 7.64. The summed E-state index contributed by atoms with van der Waals surface area (Å²) in [6.07, 6.45) is 2.03. The Kier molecular flexibility index (Phi) is 3.93. The molecule has 0 radical (unpaired) electrons. The second-order valence-electron chi connectivity index (χ2n) is 6.55. The van der Waals surface area contributed by atoms with E-state index in [4.69, 9.17) is 0 Å². The molecule has 0 fully saturated rings. The van der Waals surface area contributed by atoms with E-state index >= 15 is 0 Å². The lowest BCUT2D eigenvalue weighted by Crippen LogP contribution is -2.41. The Labute approximate surface area is 134 Å². The quantitative estimate of drug-likeness (QED) is 0.944. The summed E-state index contributed by atoms with van der Waals surface area (Å²) in [6.45, 7) is 4.95. The molecule has 1 aliphatic rings. The Morgan fingerprint density at radius 2 is 2.00 bits per heavy atom. The third kappa shape index (κ3) is 3.59. The van der Waals surface area contributed by atoms with E-state index in [0.717, 1.165) is 17.1 Å². The summed E-state index contributed by atoms with van der Waals surface area (Å²) in [5.41, 5.74) is 0.614. The highest BCUT2D eigenvalue weighted by Crippen LogP contribution is 2.23. The van der Waals surface area contributed by atoms with E-state index in [2.05, 4.69) is 4.98 Å². The molecule has 0 saturated carbocycles. The molecule has 0 unspecified atom stereocenters. The Balaban J connectivity index is 1.77. The molecule has 1 aliphatic heterocycles. The highest BCUT2D eigenvalue weighted by Gasteiger charge is 2.26. The summed E-state index contributed by atoms with van der Waals surface area (Å²) in [5.74, 6) is 0.455. The molecule has 1 amide bonds. The van der Waals surface area contributed by atoms with Crippen molar-refractivity contribution < 1.29 is 14.3 Å². The van der Waals surface area contributed by atoms with Gasteiger partial charge in [0.1, 0.15) is 11.6 Å². The van der Waals surface area contributed by atoms with Crippen LogP contribution < -0.4 is 0 Å². The van der Waals surface area contributed by atoms with Gasteiger partial charge in [-0.25, -0.2) is 9.37 Å². The Bertz CT molecular complexity index is 716. The highest BCUT2D eigenvalue weighted by molar-refractivity contribution is 5.77. The topological polar surface area (TPSA) is 58.4 Å². The van der Waals surface area contributed by atoms with E-state index < -0.39 is 5.60 Å². The number of halogens is 1. The summed E-state index contributed by atoms with van der Waals surface area (Å²) < 4.78 is 15.0. The van der Waals surface area contributed by atoms with Gasteiger partial charge in [-0.3, -0.25) is 4.79 Å². The number of nitrogens with zero attached hydrogens (tertiary/aromatic N) is 3. The monoisotopic (exact) mass is 317 g/mol. The third-order valence-electron chi connectivity index (χ3n) is 3.88. The Morgan fingerprint density at radius 3 is 2.65 bits per heavy atom. The largest absolute Gasteiger partial charge is 0.390 e. The molecular formula is C17H20FN3O2. The van der Waals surface area contributed by atoms with E-state index in [9.17, 15) is 14.3 Å². The first-order chi connectivity index (χ1) is 10.8. The predicted octanol–water partition coefficient (Wildman–Crippen LogP) is 2.19. The van der Waals surface area contributed by atoms with Crippen molar-refractivity contribution in [2.75, 3.05) is 6.54 Å². The van der Waals surface area contributed by atoms with Crippen LogP contribution in [0.1, 0.15) is 26.1 Å². The maximum Gasteiger partial charge on any atom is 0.225 e. The molecule has 1 aromatic carbocycles. The highest BCUT2D eigenvalue weighted by atomic mass is 19.1. The second kappa shape index (κ2) is 5.77. The van der Waals surface area contributed by atoms with Gasteiger partial charge < -0.3 is 14.6 Å². The van der Waals surface area contributed by atoms with Crippen LogP contribution in [0.3, 0.4) is 0 Å². The number of amides is 1. The average Bonchev–Trinajstić information content (AvgIpc) is 2.89. The number of imidazole rings is 1. The number of aliphatic hydroxyl groups is 1. The minimum atomic E-state index is -1.01. The van der Waals surface area contributed by atoms with Crippen molar-refractivity contribution >= 4 is 5.91 Å². The zero-order chi connectivity index (χ0) is 16.6. The van der Waals surface area contributed by atoms with E-state index in [1.165, 1.54) is 12.1 Å². The Morgan fingerprint density at radius 1 is 1.30 bits per heavy atom. The number of carbonyl (C=O) groups excluding carboxylic acids is 1. The maximum atomic E-state index is 13.0. The maximum absolute atomic E-state index is 13.0. The normalized spacial score (nSPS) is 14.7. The van der Waals surface area contributed by atoms with Crippen molar-refractivity contribution in [3.8, 4) is 11.3 Å². The number of aromatic nitrogens is 2. The SMILES string of the molecule is CC(C)(O)CC(=O)N1CCn2cc(-c3ccc(F)cc3)nc2C1. The molecule has 3 rings (SSSR count). The van der Waals surface area contributed by atoms with E-state index in [0.29, 0.717) is 19.6 Å². The van der Waals surface area contributed by atoms with Crippen LogP contribution in [-0.4, -0.2) is 37.6 Å². The Hall–Kier alpha value is -2.21. The lowest BCUT2D eigenvalue weighted by Gasteiger charge is -2.29. The van der Waals surface area contributed by atoms with Crippen LogP contribution in [-0.2, 0) is 17.9 Å². The summed E-state index contributed by atoms with van der Waals surface area (Å²) in [5, 5.41) is 9.79. The van der Waals surface area contributed by atoms with Crippen LogP contribution in [0, 0.1) is 5.82 Å². The molecule has 2 aromatic rings.